The third-order valence-corrected chi connectivity index (χ3v) is 3.01. The molecule has 0 fully saturated rings. The molecule has 1 aromatic rings. The molecule has 1 aromatic heterocycles. The highest BCUT2D eigenvalue weighted by atomic mass is 79.9. The first-order valence-corrected chi connectivity index (χ1v) is 6.54. The fourth-order valence-corrected chi connectivity index (χ4v) is 2.21. The predicted molar refractivity (Wildman–Crippen MR) is 68.3 cm³/mol. The summed E-state index contributed by atoms with van der Waals surface area (Å²) < 4.78 is 8.28. The number of ether oxygens (including phenoxy) is 1. The molecule has 16 heavy (non-hydrogen) atoms. The van der Waals surface area contributed by atoms with Crippen LogP contribution in [0.5, 0.6) is 0 Å². The van der Waals surface area contributed by atoms with Gasteiger partial charge in [-0.05, 0) is 35.7 Å². The minimum atomic E-state index is -0.0185. The van der Waals surface area contributed by atoms with Crippen LogP contribution < -0.4 is 5.73 Å². The zero-order chi connectivity index (χ0) is 12.0. The summed E-state index contributed by atoms with van der Waals surface area (Å²) in [6.45, 7) is 6.46. The van der Waals surface area contributed by atoms with Crippen LogP contribution in [0.1, 0.15) is 38.4 Å². The summed E-state index contributed by atoms with van der Waals surface area (Å²) in [4.78, 5) is 0. The van der Waals surface area contributed by atoms with Crippen LogP contribution in [0.25, 0.3) is 0 Å². The van der Waals surface area contributed by atoms with Crippen LogP contribution in [0.4, 0.5) is 0 Å². The van der Waals surface area contributed by atoms with Gasteiger partial charge in [-0.15, -0.1) is 0 Å². The van der Waals surface area contributed by atoms with E-state index in [0.29, 0.717) is 6.61 Å². The van der Waals surface area contributed by atoms with Crippen molar-refractivity contribution in [2.45, 2.75) is 39.3 Å². The average molecular weight is 290 g/mol. The number of halogens is 1. The lowest BCUT2D eigenvalue weighted by molar-refractivity contribution is 0.139. The topological polar surface area (TPSA) is 53.1 Å². The molecule has 0 aromatic carbocycles. The summed E-state index contributed by atoms with van der Waals surface area (Å²) in [6.07, 6.45) is 3.69. The van der Waals surface area contributed by atoms with E-state index >= 15 is 0 Å². The molecule has 1 heterocycles. The molecule has 0 aliphatic heterocycles. The van der Waals surface area contributed by atoms with Gasteiger partial charge in [0, 0.05) is 19.8 Å². The molecule has 1 rings (SSSR count). The second-order valence-corrected chi connectivity index (χ2v) is 4.55. The first-order chi connectivity index (χ1) is 7.70. The molecule has 2 N–H and O–H groups in total. The van der Waals surface area contributed by atoms with Gasteiger partial charge in [-0.3, -0.25) is 4.68 Å². The molecule has 0 amide bonds. The lowest BCUT2D eigenvalue weighted by atomic mass is 10.1. The lowest BCUT2D eigenvalue weighted by Crippen LogP contribution is -2.18. The van der Waals surface area contributed by atoms with Gasteiger partial charge in [0.25, 0.3) is 0 Å². The van der Waals surface area contributed by atoms with Crippen molar-refractivity contribution >= 4 is 15.9 Å². The molecule has 0 radical (unpaired) electrons. The van der Waals surface area contributed by atoms with Crippen LogP contribution >= 0.6 is 15.9 Å². The van der Waals surface area contributed by atoms with Crippen LogP contribution in [0.2, 0.25) is 0 Å². The van der Waals surface area contributed by atoms with Crippen molar-refractivity contribution in [1.29, 1.82) is 0 Å². The summed E-state index contributed by atoms with van der Waals surface area (Å²) in [7, 11) is 0. The van der Waals surface area contributed by atoms with Gasteiger partial charge in [0.2, 0.25) is 0 Å². The minimum Gasteiger partial charge on any atom is -0.382 e. The van der Waals surface area contributed by atoms with Gasteiger partial charge in [-0.2, -0.15) is 5.10 Å². The number of aryl methyl sites for hydroxylation is 1. The van der Waals surface area contributed by atoms with Crippen LogP contribution in [-0.2, 0) is 11.3 Å². The maximum Gasteiger partial charge on any atom is 0.0694 e. The summed E-state index contributed by atoms with van der Waals surface area (Å²) in [5.41, 5.74) is 7.21. The van der Waals surface area contributed by atoms with Crippen LogP contribution in [-0.4, -0.2) is 23.0 Å². The van der Waals surface area contributed by atoms with E-state index in [0.717, 1.165) is 36.2 Å². The second-order valence-electron chi connectivity index (χ2n) is 3.69. The van der Waals surface area contributed by atoms with Crippen LogP contribution in [0, 0.1) is 0 Å². The van der Waals surface area contributed by atoms with Gasteiger partial charge in [-0.25, -0.2) is 0 Å². The van der Waals surface area contributed by atoms with Gasteiger partial charge < -0.3 is 10.5 Å². The van der Waals surface area contributed by atoms with Crippen molar-refractivity contribution in [2.24, 2.45) is 5.73 Å². The molecule has 4 nitrogen and oxygen atoms in total. The fourth-order valence-electron chi connectivity index (χ4n) is 1.62. The highest BCUT2D eigenvalue weighted by molar-refractivity contribution is 9.10. The normalized spacial score (nSPS) is 13.0. The molecule has 1 atom stereocenters. The average Bonchev–Trinajstić information content (AvgIpc) is 2.61. The van der Waals surface area contributed by atoms with Crippen molar-refractivity contribution in [3.05, 3.63) is 16.4 Å². The summed E-state index contributed by atoms with van der Waals surface area (Å²) in [5.74, 6) is 0. The Labute approximate surface area is 105 Å². The molecule has 0 bridgehead atoms. The molecule has 0 saturated heterocycles. The van der Waals surface area contributed by atoms with E-state index in [1.165, 1.54) is 0 Å². The molecule has 0 aliphatic carbocycles. The number of nitrogens with zero attached hydrogens (tertiary/aromatic N) is 2. The van der Waals surface area contributed by atoms with E-state index in [1.807, 2.05) is 17.8 Å². The first-order valence-electron chi connectivity index (χ1n) is 5.75. The van der Waals surface area contributed by atoms with Crippen molar-refractivity contribution < 1.29 is 4.74 Å². The number of hydrogen-bond donors (Lipinski definition) is 1. The lowest BCUT2D eigenvalue weighted by Gasteiger charge is -2.14. The maximum atomic E-state index is 6.14. The monoisotopic (exact) mass is 289 g/mol. The Morgan fingerprint density at radius 1 is 1.56 bits per heavy atom. The van der Waals surface area contributed by atoms with E-state index < -0.39 is 0 Å². The van der Waals surface area contributed by atoms with E-state index in [-0.39, 0.29) is 6.04 Å². The van der Waals surface area contributed by atoms with Crippen molar-refractivity contribution in [1.82, 2.24) is 9.78 Å². The molecule has 0 spiro atoms. The van der Waals surface area contributed by atoms with E-state index in [1.54, 1.807) is 0 Å². The first kappa shape index (κ1) is 13.7. The Morgan fingerprint density at radius 2 is 2.31 bits per heavy atom. The third-order valence-electron chi connectivity index (χ3n) is 2.40. The van der Waals surface area contributed by atoms with Crippen molar-refractivity contribution in [3.63, 3.8) is 0 Å². The van der Waals surface area contributed by atoms with E-state index in [2.05, 4.69) is 28.0 Å². The Hall–Kier alpha value is -0.390. The smallest absolute Gasteiger partial charge is 0.0694 e. The van der Waals surface area contributed by atoms with Crippen molar-refractivity contribution in [3.8, 4) is 0 Å². The molecule has 0 saturated carbocycles. The molecule has 92 valence electrons. The number of aromatic nitrogens is 2. The largest absolute Gasteiger partial charge is 0.382 e. The molecule has 1 unspecified atom stereocenters. The summed E-state index contributed by atoms with van der Waals surface area (Å²) in [5, 5.41) is 4.30. The Balaban J connectivity index is 2.65. The second kappa shape index (κ2) is 7.04. The third kappa shape index (κ3) is 3.57. The van der Waals surface area contributed by atoms with Gasteiger partial charge in [0.05, 0.1) is 22.4 Å². The fraction of sp³-hybridized carbons (Fsp3) is 0.727. The maximum absolute atomic E-state index is 6.14. The van der Waals surface area contributed by atoms with Gasteiger partial charge in [0.15, 0.2) is 0 Å². The number of rotatable bonds is 7. The van der Waals surface area contributed by atoms with Gasteiger partial charge in [-0.1, -0.05) is 6.92 Å². The summed E-state index contributed by atoms with van der Waals surface area (Å²) >= 11 is 3.49. The zero-order valence-electron chi connectivity index (χ0n) is 9.95. The van der Waals surface area contributed by atoms with Crippen LogP contribution in [0.15, 0.2) is 10.7 Å². The summed E-state index contributed by atoms with van der Waals surface area (Å²) in [6, 6.07) is -0.0185. The Morgan fingerprint density at radius 3 is 2.94 bits per heavy atom. The quantitative estimate of drug-likeness (QED) is 0.785. The van der Waals surface area contributed by atoms with Crippen LogP contribution in [0.3, 0.4) is 0 Å². The Kier molecular flexibility index (Phi) is 6.01. The van der Waals surface area contributed by atoms with Crippen molar-refractivity contribution in [2.75, 3.05) is 13.2 Å². The van der Waals surface area contributed by atoms with Gasteiger partial charge in [0.1, 0.15) is 0 Å². The molecule has 0 aliphatic rings. The molecule has 5 heteroatoms. The number of nitrogens with two attached hydrogens (primary N) is 1. The van der Waals surface area contributed by atoms with E-state index in [4.69, 9.17) is 10.5 Å². The standard InChI is InChI=1S/C11H20BrN3O/c1-3-6-15-11(9(12)8-14-15)10(13)5-7-16-4-2/h8,10H,3-7,13H2,1-2H3. The van der Waals surface area contributed by atoms with E-state index in [9.17, 15) is 0 Å². The van der Waals surface area contributed by atoms with Gasteiger partial charge >= 0.3 is 0 Å². The predicted octanol–water partition coefficient (Wildman–Crippen LogP) is 2.48. The SMILES string of the molecule is CCCn1ncc(Br)c1C(N)CCOCC. The minimum absolute atomic E-state index is 0.0185. The zero-order valence-corrected chi connectivity index (χ0v) is 11.5. The highest BCUT2D eigenvalue weighted by Crippen LogP contribution is 2.24. The Bertz CT molecular complexity index is 314. The number of hydrogen-bond acceptors (Lipinski definition) is 3. The highest BCUT2D eigenvalue weighted by Gasteiger charge is 2.15. The molecular formula is C11H20BrN3O. The molecular weight excluding hydrogens is 270 g/mol.